The summed E-state index contributed by atoms with van der Waals surface area (Å²) in [5.41, 5.74) is 0.416. The van der Waals surface area contributed by atoms with Crippen LogP contribution in [0.3, 0.4) is 0 Å². The van der Waals surface area contributed by atoms with Crippen molar-refractivity contribution in [3.8, 4) is 0 Å². The summed E-state index contributed by atoms with van der Waals surface area (Å²) in [6.45, 7) is 7.09. The minimum Gasteiger partial charge on any atom is -0.467 e. The average molecular weight is 360 g/mol. The largest absolute Gasteiger partial charge is 0.467 e. The van der Waals surface area contributed by atoms with E-state index in [0.29, 0.717) is 43.7 Å². The number of nitrogens with one attached hydrogen (secondary N) is 1. The molecular weight excluding hydrogens is 332 g/mol. The number of ether oxygens (including phenoxy) is 1. The highest BCUT2D eigenvalue weighted by atomic mass is 16.5. The Kier molecular flexibility index (Phi) is 6.40. The van der Waals surface area contributed by atoms with Gasteiger partial charge in [-0.25, -0.2) is 4.79 Å². The molecule has 1 aromatic rings. The van der Waals surface area contributed by atoms with Crippen molar-refractivity contribution in [2.45, 2.75) is 45.6 Å². The van der Waals surface area contributed by atoms with Gasteiger partial charge in [-0.2, -0.15) is 0 Å². The number of amides is 1. The van der Waals surface area contributed by atoms with Gasteiger partial charge in [-0.1, -0.05) is 13.8 Å². The van der Waals surface area contributed by atoms with Crippen LogP contribution in [0.1, 0.15) is 50.4 Å². The minimum atomic E-state index is -1.06. The molecule has 1 atom stereocenters. The summed E-state index contributed by atoms with van der Waals surface area (Å²) in [6.07, 6.45) is 1.62. The molecule has 1 aromatic carbocycles. The molecule has 1 heterocycles. The lowest BCUT2D eigenvalue weighted by Gasteiger charge is -2.30. The quantitative estimate of drug-likeness (QED) is 0.789. The molecule has 6 heteroatoms. The fourth-order valence-electron chi connectivity index (χ4n) is 3.39. The molecule has 1 amide bonds. The molecule has 0 saturated carbocycles. The number of hydrogen-bond donors (Lipinski definition) is 1. The van der Waals surface area contributed by atoms with Gasteiger partial charge in [-0.05, 0) is 43.5 Å². The predicted octanol–water partition coefficient (Wildman–Crippen LogP) is 2.56. The third-order valence-corrected chi connectivity index (χ3v) is 4.66. The minimum absolute atomic E-state index is 0.226. The number of benzene rings is 1. The van der Waals surface area contributed by atoms with E-state index in [-0.39, 0.29) is 11.8 Å². The standard InChI is InChI=1S/C20H28N2O4/c1-14(2)13-20(3,19(25)26-4)21-18(24)15-5-7-16(8-6-15)22-11-9-17(23)10-12-22/h5-8,14H,9-13H2,1-4H3,(H,21,24)/t20-/m0/s1. The Morgan fingerprint density at radius 2 is 1.77 bits per heavy atom. The second-order valence-corrected chi connectivity index (χ2v) is 7.45. The molecule has 0 radical (unpaired) electrons. The van der Waals surface area contributed by atoms with Crippen LogP contribution in [0.2, 0.25) is 0 Å². The lowest BCUT2D eigenvalue weighted by atomic mass is 9.90. The highest BCUT2D eigenvalue weighted by Crippen LogP contribution is 2.21. The second-order valence-electron chi connectivity index (χ2n) is 7.45. The zero-order chi connectivity index (χ0) is 19.3. The highest BCUT2D eigenvalue weighted by molar-refractivity contribution is 5.98. The van der Waals surface area contributed by atoms with E-state index < -0.39 is 11.5 Å². The maximum absolute atomic E-state index is 12.6. The molecule has 26 heavy (non-hydrogen) atoms. The Morgan fingerprint density at radius 1 is 1.19 bits per heavy atom. The van der Waals surface area contributed by atoms with Crippen LogP contribution in [0.4, 0.5) is 5.69 Å². The molecule has 142 valence electrons. The fourth-order valence-corrected chi connectivity index (χ4v) is 3.39. The fraction of sp³-hybridized carbons (Fsp3) is 0.550. The first-order valence-corrected chi connectivity index (χ1v) is 9.03. The van der Waals surface area contributed by atoms with Gasteiger partial charge in [0.15, 0.2) is 0 Å². The van der Waals surface area contributed by atoms with Gasteiger partial charge in [0.25, 0.3) is 5.91 Å². The van der Waals surface area contributed by atoms with E-state index >= 15 is 0 Å². The predicted molar refractivity (Wildman–Crippen MR) is 100 cm³/mol. The van der Waals surface area contributed by atoms with Gasteiger partial charge >= 0.3 is 5.97 Å². The first kappa shape index (κ1) is 19.9. The second kappa shape index (κ2) is 8.34. The Morgan fingerprint density at radius 3 is 2.27 bits per heavy atom. The van der Waals surface area contributed by atoms with Gasteiger partial charge in [0.05, 0.1) is 7.11 Å². The zero-order valence-electron chi connectivity index (χ0n) is 16.0. The zero-order valence-corrected chi connectivity index (χ0v) is 16.0. The summed E-state index contributed by atoms with van der Waals surface area (Å²) in [6, 6.07) is 7.24. The van der Waals surface area contributed by atoms with Crippen LogP contribution in [-0.4, -0.2) is 43.4 Å². The maximum atomic E-state index is 12.6. The maximum Gasteiger partial charge on any atom is 0.331 e. The summed E-state index contributed by atoms with van der Waals surface area (Å²) in [4.78, 5) is 38.3. The van der Waals surface area contributed by atoms with E-state index in [1.54, 1.807) is 19.1 Å². The number of ketones is 1. The van der Waals surface area contributed by atoms with Crippen LogP contribution >= 0.6 is 0 Å². The molecule has 1 aliphatic heterocycles. The third-order valence-electron chi connectivity index (χ3n) is 4.66. The topological polar surface area (TPSA) is 75.7 Å². The number of hydrogen-bond acceptors (Lipinski definition) is 5. The van der Waals surface area contributed by atoms with E-state index in [0.717, 1.165) is 5.69 Å². The normalized spacial score (nSPS) is 17.0. The van der Waals surface area contributed by atoms with Gasteiger partial charge in [0.1, 0.15) is 11.3 Å². The molecule has 0 unspecified atom stereocenters. The van der Waals surface area contributed by atoms with Crippen molar-refractivity contribution in [3.05, 3.63) is 29.8 Å². The summed E-state index contributed by atoms with van der Waals surface area (Å²) >= 11 is 0. The van der Waals surface area contributed by atoms with E-state index in [4.69, 9.17) is 4.74 Å². The molecule has 2 rings (SSSR count). The van der Waals surface area contributed by atoms with Crippen molar-refractivity contribution in [1.82, 2.24) is 5.32 Å². The first-order valence-electron chi connectivity index (χ1n) is 9.03. The van der Waals surface area contributed by atoms with Crippen LogP contribution in [-0.2, 0) is 14.3 Å². The highest BCUT2D eigenvalue weighted by Gasteiger charge is 2.36. The Hall–Kier alpha value is -2.37. The molecule has 0 spiro atoms. The van der Waals surface area contributed by atoms with Crippen molar-refractivity contribution in [3.63, 3.8) is 0 Å². The van der Waals surface area contributed by atoms with Crippen LogP contribution in [0.15, 0.2) is 24.3 Å². The molecule has 1 saturated heterocycles. The summed E-state index contributed by atoms with van der Waals surface area (Å²) in [5.74, 6) is -0.235. The monoisotopic (exact) mass is 360 g/mol. The number of piperidine rings is 1. The molecule has 1 fully saturated rings. The van der Waals surface area contributed by atoms with Gasteiger partial charge in [-0.15, -0.1) is 0 Å². The first-order chi connectivity index (χ1) is 12.2. The molecule has 0 bridgehead atoms. The molecule has 1 N–H and O–H groups in total. The van der Waals surface area contributed by atoms with Crippen molar-refractivity contribution in [2.24, 2.45) is 5.92 Å². The van der Waals surface area contributed by atoms with Crippen LogP contribution in [0, 0.1) is 5.92 Å². The molecule has 1 aliphatic rings. The van der Waals surface area contributed by atoms with Gasteiger partial charge in [0.2, 0.25) is 0 Å². The van der Waals surface area contributed by atoms with E-state index in [2.05, 4.69) is 10.2 Å². The third kappa shape index (κ3) is 4.84. The number of carbonyl (C=O) groups excluding carboxylic acids is 3. The average Bonchev–Trinajstić information content (AvgIpc) is 2.61. The van der Waals surface area contributed by atoms with Crippen LogP contribution < -0.4 is 10.2 Å². The summed E-state index contributed by atoms with van der Waals surface area (Å²) in [7, 11) is 1.32. The number of Topliss-reactive ketones (excluding diaryl/α,β-unsaturated/α-hetero) is 1. The van der Waals surface area contributed by atoms with Crippen molar-refractivity contribution in [2.75, 3.05) is 25.1 Å². The molecular formula is C20H28N2O4. The summed E-state index contributed by atoms with van der Waals surface area (Å²) < 4.78 is 4.87. The number of carbonyl (C=O) groups is 3. The lowest BCUT2D eigenvalue weighted by Crippen LogP contribution is -2.53. The number of nitrogens with zero attached hydrogens (tertiary/aromatic N) is 1. The number of rotatable bonds is 6. The lowest BCUT2D eigenvalue weighted by molar-refractivity contribution is -0.148. The van der Waals surface area contributed by atoms with E-state index in [9.17, 15) is 14.4 Å². The van der Waals surface area contributed by atoms with Crippen molar-refractivity contribution in [1.29, 1.82) is 0 Å². The Labute approximate surface area is 154 Å². The van der Waals surface area contributed by atoms with Crippen molar-refractivity contribution < 1.29 is 19.1 Å². The SMILES string of the molecule is COC(=O)[C@](C)(CC(C)C)NC(=O)c1ccc(N2CCC(=O)CC2)cc1. The van der Waals surface area contributed by atoms with Crippen LogP contribution in [0.25, 0.3) is 0 Å². The summed E-state index contributed by atoms with van der Waals surface area (Å²) in [5, 5.41) is 2.82. The van der Waals surface area contributed by atoms with Gasteiger partial charge < -0.3 is 15.0 Å². The Balaban J connectivity index is 2.08. The smallest absolute Gasteiger partial charge is 0.331 e. The van der Waals surface area contributed by atoms with Gasteiger partial charge in [0, 0.05) is 37.2 Å². The molecule has 0 aromatic heterocycles. The number of methoxy groups -OCH3 is 1. The van der Waals surface area contributed by atoms with Crippen molar-refractivity contribution >= 4 is 23.3 Å². The number of esters is 1. The number of anilines is 1. The molecule has 0 aliphatic carbocycles. The van der Waals surface area contributed by atoms with E-state index in [1.165, 1.54) is 7.11 Å². The van der Waals surface area contributed by atoms with E-state index in [1.807, 2.05) is 26.0 Å². The Bertz CT molecular complexity index is 659. The van der Waals surface area contributed by atoms with Gasteiger partial charge in [-0.3, -0.25) is 9.59 Å². The van der Waals surface area contributed by atoms with Crippen LogP contribution in [0.5, 0.6) is 0 Å². The molecule has 6 nitrogen and oxygen atoms in total.